The SMILES string of the molecule is Cc1ccc([C@H](C)NC(=O)C2CCN(c3ccc(-c4cccc(F)c4)nn3)CC2)cc1. The van der Waals surface area contributed by atoms with Crippen LogP contribution in [0.5, 0.6) is 0 Å². The molecular weight excluding hydrogens is 391 g/mol. The summed E-state index contributed by atoms with van der Waals surface area (Å²) in [7, 11) is 0. The van der Waals surface area contributed by atoms with Crippen LogP contribution in [-0.4, -0.2) is 29.2 Å². The number of rotatable bonds is 5. The molecule has 0 bridgehead atoms. The maximum atomic E-state index is 13.4. The summed E-state index contributed by atoms with van der Waals surface area (Å²) in [5, 5.41) is 11.7. The van der Waals surface area contributed by atoms with E-state index in [1.54, 1.807) is 6.07 Å². The van der Waals surface area contributed by atoms with Crippen molar-refractivity contribution in [2.75, 3.05) is 18.0 Å². The summed E-state index contributed by atoms with van der Waals surface area (Å²) in [6, 6.07) is 18.4. The van der Waals surface area contributed by atoms with Crippen LogP contribution in [-0.2, 0) is 4.79 Å². The minimum Gasteiger partial charge on any atom is -0.355 e. The minimum absolute atomic E-state index is 0.00340. The van der Waals surface area contributed by atoms with Crippen LogP contribution in [0.15, 0.2) is 60.7 Å². The molecule has 1 fully saturated rings. The lowest BCUT2D eigenvalue weighted by atomic mass is 9.95. The molecule has 1 aromatic heterocycles. The Morgan fingerprint density at radius 1 is 1.06 bits per heavy atom. The third-order valence-corrected chi connectivity index (χ3v) is 5.90. The number of benzene rings is 2. The third-order valence-electron chi connectivity index (χ3n) is 5.90. The second kappa shape index (κ2) is 9.25. The fourth-order valence-corrected chi connectivity index (χ4v) is 3.94. The van der Waals surface area contributed by atoms with E-state index in [9.17, 15) is 9.18 Å². The van der Waals surface area contributed by atoms with Gasteiger partial charge >= 0.3 is 0 Å². The van der Waals surface area contributed by atoms with Crippen LogP contribution in [0.4, 0.5) is 10.2 Å². The normalized spacial score (nSPS) is 15.5. The van der Waals surface area contributed by atoms with Gasteiger partial charge in [-0.25, -0.2) is 4.39 Å². The van der Waals surface area contributed by atoms with E-state index in [-0.39, 0.29) is 23.7 Å². The summed E-state index contributed by atoms with van der Waals surface area (Å²) in [6.45, 7) is 5.59. The number of anilines is 1. The van der Waals surface area contributed by atoms with Crippen molar-refractivity contribution in [3.63, 3.8) is 0 Å². The number of hydrogen-bond acceptors (Lipinski definition) is 4. The van der Waals surface area contributed by atoms with Gasteiger partial charge in [-0.2, -0.15) is 0 Å². The predicted octanol–water partition coefficient (Wildman–Crippen LogP) is 4.68. The molecule has 6 heteroatoms. The first-order valence-electron chi connectivity index (χ1n) is 10.7. The van der Waals surface area contributed by atoms with E-state index in [4.69, 9.17) is 0 Å². The highest BCUT2D eigenvalue weighted by molar-refractivity contribution is 5.79. The Hall–Kier alpha value is -3.28. The summed E-state index contributed by atoms with van der Waals surface area (Å²) >= 11 is 0. The number of aromatic nitrogens is 2. The summed E-state index contributed by atoms with van der Waals surface area (Å²) in [5.41, 5.74) is 3.67. The first kappa shape index (κ1) is 21.0. The monoisotopic (exact) mass is 418 g/mol. The zero-order valence-electron chi connectivity index (χ0n) is 17.9. The first-order valence-corrected chi connectivity index (χ1v) is 10.7. The Balaban J connectivity index is 1.32. The van der Waals surface area contributed by atoms with Gasteiger partial charge in [-0.1, -0.05) is 42.0 Å². The van der Waals surface area contributed by atoms with Crippen molar-refractivity contribution >= 4 is 11.7 Å². The number of amides is 1. The molecule has 31 heavy (non-hydrogen) atoms. The number of piperidine rings is 1. The molecule has 0 aliphatic carbocycles. The van der Waals surface area contributed by atoms with E-state index in [1.165, 1.54) is 17.7 Å². The molecule has 4 rings (SSSR count). The zero-order chi connectivity index (χ0) is 21.8. The Morgan fingerprint density at radius 3 is 2.45 bits per heavy atom. The number of nitrogens with zero attached hydrogens (tertiary/aromatic N) is 3. The van der Waals surface area contributed by atoms with Gasteiger partial charge in [-0.3, -0.25) is 4.79 Å². The molecule has 0 spiro atoms. The van der Waals surface area contributed by atoms with Crippen molar-refractivity contribution in [1.82, 2.24) is 15.5 Å². The Kier molecular flexibility index (Phi) is 6.26. The zero-order valence-corrected chi connectivity index (χ0v) is 17.9. The minimum atomic E-state index is -0.291. The lowest BCUT2D eigenvalue weighted by Crippen LogP contribution is -2.41. The van der Waals surface area contributed by atoms with Gasteiger partial charge in [0.15, 0.2) is 5.82 Å². The van der Waals surface area contributed by atoms with Gasteiger partial charge in [0, 0.05) is 24.6 Å². The third kappa shape index (κ3) is 5.08. The van der Waals surface area contributed by atoms with E-state index in [0.717, 1.165) is 37.3 Å². The number of carbonyl (C=O) groups is 1. The van der Waals surface area contributed by atoms with Gasteiger partial charge in [0.2, 0.25) is 5.91 Å². The Labute approximate surface area is 182 Å². The number of nitrogens with one attached hydrogen (secondary N) is 1. The fraction of sp³-hybridized carbons (Fsp3) is 0.320. The average Bonchev–Trinajstić information content (AvgIpc) is 2.80. The molecule has 1 aliphatic heterocycles. The van der Waals surface area contributed by atoms with Gasteiger partial charge in [0.05, 0.1) is 11.7 Å². The highest BCUT2D eigenvalue weighted by Gasteiger charge is 2.26. The Bertz CT molecular complexity index is 1030. The predicted molar refractivity (Wildman–Crippen MR) is 120 cm³/mol. The van der Waals surface area contributed by atoms with Crippen LogP contribution in [0.3, 0.4) is 0 Å². The molecule has 1 N–H and O–H groups in total. The molecule has 1 saturated heterocycles. The largest absolute Gasteiger partial charge is 0.355 e. The number of halogens is 1. The molecule has 1 atom stereocenters. The molecule has 1 amide bonds. The highest BCUT2D eigenvalue weighted by Crippen LogP contribution is 2.24. The summed E-state index contributed by atoms with van der Waals surface area (Å²) in [4.78, 5) is 14.9. The Morgan fingerprint density at radius 2 is 1.81 bits per heavy atom. The molecule has 2 aromatic carbocycles. The van der Waals surface area contributed by atoms with Crippen LogP contribution >= 0.6 is 0 Å². The smallest absolute Gasteiger partial charge is 0.223 e. The summed E-state index contributed by atoms with van der Waals surface area (Å²) < 4.78 is 13.4. The second-order valence-electron chi connectivity index (χ2n) is 8.19. The molecule has 3 aromatic rings. The van der Waals surface area contributed by atoms with Gasteiger partial charge in [0.25, 0.3) is 0 Å². The molecule has 1 aliphatic rings. The van der Waals surface area contributed by atoms with Crippen molar-refractivity contribution in [1.29, 1.82) is 0 Å². The topological polar surface area (TPSA) is 58.1 Å². The van der Waals surface area contributed by atoms with Crippen LogP contribution in [0.2, 0.25) is 0 Å². The molecular formula is C25H27FN4O. The van der Waals surface area contributed by atoms with Crippen molar-refractivity contribution in [2.45, 2.75) is 32.7 Å². The fourth-order valence-electron chi connectivity index (χ4n) is 3.94. The molecule has 0 radical (unpaired) electrons. The first-order chi connectivity index (χ1) is 15.0. The summed E-state index contributed by atoms with van der Waals surface area (Å²) in [5.74, 6) is 0.608. The van der Waals surface area contributed by atoms with Crippen LogP contribution in [0, 0.1) is 18.7 Å². The molecule has 5 nitrogen and oxygen atoms in total. The van der Waals surface area contributed by atoms with Crippen molar-refractivity contribution in [2.24, 2.45) is 5.92 Å². The van der Waals surface area contributed by atoms with Gasteiger partial charge in [-0.15, -0.1) is 10.2 Å². The van der Waals surface area contributed by atoms with Gasteiger partial charge in [0.1, 0.15) is 5.82 Å². The second-order valence-corrected chi connectivity index (χ2v) is 8.19. The number of carbonyl (C=O) groups excluding carboxylic acids is 1. The highest BCUT2D eigenvalue weighted by atomic mass is 19.1. The maximum Gasteiger partial charge on any atom is 0.223 e. The lowest BCUT2D eigenvalue weighted by Gasteiger charge is -2.32. The van der Waals surface area contributed by atoms with Crippen LogP contribution in [0.25, 0.3) is 11.3 Å². The average molecular weight is 419 g/mol. The van der Waals surface area contributed by atoms with E-state index in [2.05, 4.69) is 51.6 Å². The quantitative estimate of drug-likeness (QED) is 0.653. The molecule has 0 unspecified atom stereocenters. The van der Waals surface area contributed by atoms with Gasteiger partial charge < -0.3 is 10.2 Å². The standard InChI is InChI=1S/C25H27FN4O/c1-17-6-8-19(9-7-17)18(2)27-25(31)20-12-14-30(15-13-20)24-11-10-23(28-29-24)21-4-3-5-22(26)16-21/h3-11,16,18,20H,12-15H2,1-2H3,(H,27,31)/t18-/m0/s1. The van der Waals surface area contributed by atoms with E-state index in [0.29, 0.717) is 11.3 Å². The number of hydrogen-bond donors (Lipinski definition) is 1. The molecule has 2 heterocycles. The van der Waals surface area contributed by atoms with E-state index >= 15 is 0 Å². The van der Waals surface area contributed by atoms with Crippen molar-refractivity contribution < 1.29 is 9.18 Å². The lowest BCUT2D eigenvalue weighted by molar-refractivity contribution is -0.126. The molecule has 160 valence electrons. The van der Waals surface area contributed by atoms with Crippen molar-refractivity contribution in [3.05, 3.63) is 77.6 Å². The van der Waals surface area contributed by atoms with Gasteiger partial charge in [-0.05, 0) is 56.5 Å². The maximum absolute atomic E-state index is 13.4. The molecule has 0 saturated carbocycles. The van der Waals surface area contributed by atoms with E-state index < -0.39 is 0 Å². The summed E-state index contributed by atoms with van der Waals surface area (Å²) in [6.07, 6.45) is 1.56. The number of aryl methyl sites for hydroxylation is 1. The van der Waals surface area contributed by atoms with Crippen molar-refractivity contribution in [3.8, 4) is 11.3 Å². The van der Waals surface area contributed by atoms with E-state index in [1.807, 2.05) is 25.1 Å². The van der Waals surface area contributed by atoms with Crippen LogP contribution < -0.4 is 10.2 Å². The van der Waals surface area contributed by atoms with Crippen LogP contribution in [0.1, 0.15) is 36.9 Å².